The zero-order chi connectivity index (χ0) is 13.2. The van der Waals surface area contributed by atoms with Gasteiger partial charge in [-0.3, -0.25) is 10.1 Å². The van der Waals surface area contributed by atoms with Crippen molar-refractivity contribution in [1.82, 2.24) is 15.6 Å². The summed E-state index contributed by atoms with van der Waals surface area (Å²) in [4.78, 5) is 15.9. The second-order valence-corrected chi connectivity index (χ2v) is 5.45. The minimum atomic E-state index is -2.77. The zero-order valence-corrected chi connectivity index (χ0v) is 13.3. The second-order valence-electron chi connectivity index (χ2n) is 4.39. The summed E-state index contributed by atoms with van der Waals surface area (Å²) < 4.78 is 25.8. The van der Waals surface area contributed by atoms with Gasteiger partial charge in [-0.15, -0.1) is 36.2 Å². The van der Waals surface area contributed by atoms with Gasteiger partial charge < -0.3 is 5.32 Å². The van der Waals surface area contributed by atoms with Crippen LogP contribution in [-0.4, -0.2) is 35.9 Å². The Kier molecular flexibility index (Phi) is 7.87. The molecule has 1 unspecified atom stereocenters. The number of amides is 1. The first-order valence-corrected chi connectivity index (χ1v) is 6.64. The molecule has 1 aliphatic rings. The molecular formula is C11H17Cl2F2N3OS. The summed E-state index contributed by atoms with van der Waals surface area (Å²) in [6.45, 7) is 1.92. The number of nitrogens with one attached hydrogen (secondary N) is 2. The third kappa shape index (κ3) is 5.47. The van der Waals surface area contributed by atoms with Crippen LogP contribution in [-0.2, 0) is 11.2 Å². The van der Waals surface area contributed by atoms with E-state index >= 15 is 0 Å². The fourth-order valence-corrected chi connectivity index (χ4v) is 2.51. The lowest BCUT2D eigenvalue weighted by Gasteiger charge is -2.10. The van der Waals surface area contributed by atoms with Crippen molar-refractivity contribution in [2.75, 3.05) is 13.1 Å². The van der Waals surface area contributed by atoms with Gasteiger partial charge in [0.2, 0.25) is 5.91 Å². The van der Waals surface area contributed by atoms with E-state index in [4.69, 9.17) is 0 Å². The first-order chi connectivity index (χ1) is 8.46. The first kappa shape index (κ1) is 19.5. The maximum atomic E-state index is 12.9. The van der Waals surface area contributed by atoms with Gasteiger partial charge >= 0.3 is 0 Å². The third-order valence-corrected chi connectivity index (χ3v) is 3.60. The minimum Gasteiger partial charge on any atom is -0.354 e. The van der Waals surface area contributed by atoms with E-state index in [1.54, 1.807) is 11.3 Å². The molecule has 0 aromatic carbocycles. The van der Waals surface area contributed by atoms with Crippen LogP contribution in [0.25, 0.3) is 0 Å². The molecule has 0 saturated carbocycles. The molecule has 1 amide bonds. The van der Waals surface area contributed by atoms with E-state index in [-0.39, 0.29) is 30.7 Å². The number of thiazole rings is 1. The molecule has 1 aromatic rings. The van der Waals surface area contributed by atoms with Crippen LogP contribution in [0.5, 0.6) is 0 Å². The number of hydrogen-bond acceptors (Lipinski definition) is 4. The SMILES string of the molecule is Cc1nc(CCNC(=O)C2CC(F)(F)CN2)cs1.Cl.Cl. The maximum absolute atomic E-state index is 12.9. The Morgan fingerprint density at radius 2 is 2.30 bits per heavy atom. The van der Waals surface area contributed by atoms with Crippen LogP contribution in [0.2, 0.25) is 0 Å². The minimum absolute atomic E-state index is 0. The Morgan fingerprint density at radius 1 is 1.60 bits per heavy atom. The lowest BCUT2D eigenvalue weighted by atomic mass is 10.2. The van der Waals surface area contributed by atoms with Gasteiger partial charge in [-0.25, -0.2) is 13.8 Å². The quantitative estimate of drug-likeness (QED) is 0.875. The van der Waals surface area contributed by atoms with Crippen molar-refractivity contribution < 1.29 is 13.6 Å². The smallest absolute Gasteiger partial charge is 0.262 e. The largest absolute Gasteiger partial charge is 0.354 e. The van der Waals surface area contributed by atoms with E-state index in [0.717, 1.165) is 10.7 Å². The molecule has 4 nitrogen and oxygen atoms in total. The van der Waals surface area contributed by atoms with Crippen molar-refractivity contribution in [3.63, 3.8) is 0 Å². The highest BCUT2D eigenvalue weighted by molar-refractivity contribution is 7.09. The molecule has 0 aliphatic carbocycles. The predicted molar refractivity (Wildman–Crippen MR) is 79.4 cm³/mol. The standard InChI is InChI=1S/C11H15F2N3OS.2ClH/c1-7-16-8(5-18-7)2-3-14-10(17)9-4-11(12,13)6-15-9;;/h5,9,15H,2-4,6H2,1H3,(H,14,17);2*1H. The molecule has 1 atom stereocenters. The highest BCUT2D eigenvalue weighted by Crippen LogP contribution is 2.24. The molecule has 2 heterocycles. The molecule has 20 heavy (non-hydrogen) atoms. The number of carbonyl (C=O) groups is 1. The molecule has 1 aromatic heterocycles. The number of alkyl halides is 2. The van der Waals surface area contributed by atoms with Gasteiger partial charge in [0, 0.05) is 24.8 Å². The lowest BCUT2D eigenvalue weighted by molar-refractivity contribution is -0.123. The van der Waals surface area contributed by atoms with Crippen molar-refractivity contribution in [2.24, 2.45) is 0 Å². The van der Waals surface area contributed by atoms with Crippen LogP contribution in [0.1, 0.15) is 17.1 Å². The van der Waals surface area contributed by atoms with Crippen LogP contribution in [0.3, 0.4) is 0 Å². The maximum Gasteiger partial charge on any atom is 0.262 e. The van der Waals surface area contributed by atoms with Crippen molar-refractivity contribution in [1.29, 1.82) is 0 Å². The van der Waals surface area contributed by atoms with Crippen LogP contribution in [0.15, 0.2) is 5.38 Å². The number of rotatable bonds is 4. The molecule has 1 fully saturated rings. The van der Waals surface area contributed by atoms with Gasteiger partial charge in [0.05, 0.1) is 23.3 Å². The lowest BCUT2D eigenvalue weighted by Crippen LogP contribution is -2.41. The highest BCUT2D eigenvalue weighted by atomic mass is 35.5. The van der Waals surface area contributed by atoms with Gasteiger partial charge in [-0.1, -0.05) is 0 Å². The first-order valence-electron chi connectivity index (χ1n) is 5.76. The Morgan fingerprint density at radius 3 is 2.80 bits per heavy atom. The second kappa shape index (κ2) is 8.07. The number of carbonyl (C=O) groups excluding carboxylic acids is 1. The normalized spacial score (nSPS) is 19.9. The van der Waals surface area contributed by atoms with E-state index in [9.17, 15) is 13.6 Å². The molecule has 0 radical (unpaired) electrons. The molecule has 2 rings (SSSR count). The van der Waals surface area contributed by atoms with Gasteiger partial charge in [-0.2, -0.15) is 0 Å². The van der Waals surface area contributed by atoms with Crippen molar-refractivity contribution in [3.8, 4) is 0 Å². The van der Waals surface area contributed by atoms with Gasteiger partial charge in [-0.05, 0) is 6.92 Å². The fourth-order valence-electron chi connectivity index (χ4n) is 1.86. The summed E-state index contributed by atoms with van der Waals surface area (Å²) in [5, 5.41) is 8.09. The molecule has 2 N–H and O–H groups in total. The summed E-state index contributed by atoms with van der Waals surface area (Å²) in [6.07, 6.45) is 0.202. The van der Waals surface area contributed by atoms with Crippen molar-refractivity contribution >= 4 is 42.1 Å². The van der Waals surface area contributed by atoms with Gasteiger partial charge in [0.25, 0.3) is 5.92 Å². The van der Waals surface area contributed by atoms with Crippen LogP contribution in [0, 0.1) is 6.92 Å². The van der Waals surface area contributed by atoms with Crippen molar-refractivity contribution in [3.05, 3.63) is 16.1 Å². The molecule has 1 saturated heterocycles. The predicted octanol–water partition coefficient (Wildman–Crippen LogP) is 1.95. The van der Waals surface area contributed by atoms with E-state index in [0.29, 0.717) is 13.0 Å². The fraction of sp³-hybridized carbons (Fsp3) is 0.636. The average molecular weight is 348 g/mol. The molecule has 9 heteroatoms. The van der Waals surface area contributed by atoms with E-state index in [2.05, 4.69) is 15.6 Å². The number of nitrogens with zero attached hydrogens (tertiary/aromatic N) is 1. The Labute approximate surface area is 132 Å². The van der Waals surface area contributed by atoms with E-state index in [1.807, 2.05) is 12.3 Å². The van der Waals surface area contributed by atoms with Crippen LogP contribution in [0.4, 0.5) is 8.78 Å². The summed E-state index contributed by atoms with van der Waals surface area (Å²) in [5.74, 6) is -3.13. The van der Waals surface area contributed by atoms with Crippen LogP contribution < -0.4 is 10.6 Å². The van der Waals surface area contributed by atoms with E-state index in [1.165, 1.54) is 0 Å². The molecule has 116 valence electrons. The van der Waals surface area contributed by atoms with Gasteiger partial charge in [0.15, 0.2) is 0 Å². The summed E-state index contributed by atoms with van der Waals surface area (Å²) in [7, 11) is 0. The van der Waals surface area contributed by atoms with E-state index < -0.39 is 24.9 Å². The number of aryl methyl sites for hydroxylation is 1. The monoisotopic (exact) mass is 347 g/mol. The Bertz CT molecular complexity index is 445. The Hall–Kier alpha value is -0.500. The topological polar surface area (TPSA) is 54.0 Å². The Balaban J connectivity index is 0.00000180. The average Bonchev–Trinajstić information content (AvgIpc) is 2.85. The number of aromatic nitrogens is 1. The molecular weight excluding hydrogens is 331 g/mol. The summed E-state index contributed by atoms with van der Waals surface area (Å²) in [6, 6.07) is -0.780. The molecule has 0 bridgehead atoms. The highest BCUT2D eigenvalue weighted by Gasteiger charge is 2.42. The number of hydrogen-bond donors (Lipinski definition) is 2. The third-order valence-electron chi connectivity index (χ3n) is 2.77. The van der Waals surface area contributed by atoms with Crippen molar-refractivity contribution in [2.45, 2.75) is 31.7 Å². The van der Waals surface area contributed by atoms with Crippen LogP contribution >= 0.6 is 36.2 Å². The summed E-state index contributed by atoms with van der Waals surface area (Å²) in [5.41, 5.74) is 0.919. The van der Waals surface area contributed by atoms with Gasteiger partial charge in [0.1, 0.15) is 0 Å². The number of halogens is 4. The molecule has 0 spiro atoms. The zero-order valence-electron chi connectivity index (χ0n) is 10.8. The molecule has 1 aliphatic heterocycles. The summed E-state index contributed by atoms with van der Waals surface area (Å²) >= 11 is 1.55.